The van der Waals surface area contributed by atoms with Crippen molar-refractivity contribution in [1.29, 1.82) is 0 Å². The number of aliphatic hydroxyl groups excluding tert-OH is 1. The zero-order chi connectivity index (χ0) is 16.4. The fourth-order valence-corrected chi connectivity index (χ4v) is 2.48. The van der Waals surface area contributed by atoms with E-state index in [1.54, 1.807) is 17.0 Å². The van der Waals surface area contributed by atoms with Crippen molar-refractivity contribution in [3.8, 4) is 11.3 Å². The number of nitrogens with zero attached hydrogens (tertiary/aromatic N) is 2. The van der Waals surface area contributed by atoms with Crippen molar-refractivity contribution in [3.05, 3.63) is 41.8 Å². The van der Waals surface area contributed by atoms with E-state index < -0.39 is 6.10 Å². The van der Waals surface area contributed by atoms with Crippen molar-refractivity contribution in [2.75, 3.05) is 19.8 Å². The van der Waals surface area contributed by atoms with E-state index in [9.17, 15) is 14.3 Å². The standard InChI is InChI=1S/C16H17FN2O4/c1-10-9-22-13(8-20)7-19(10)16(21)14-6-15(23-18-14)11-2-4-12(17)5-3-11/h2-6,10,13,20H,7-9H2,1H3. The number of carbonyl (C=O) groups is 1. The highest BCUT2D eigenvalue weighted by atomic mass is 19.1. The van der Waals surface area contributed by atoms with Crippen LogP contribution < -0.4 is 0 Å². The van der Waals surface area contributed by atoms with Gasteiger partial charge in [-0.15, -0.1) is 0 Å². The molecule has 0 spiro atoms. The lowest BCUT2D eigenvalue weighted by molar-refractivity contribution is -0.0669. The van der Waals surface area contributed by atoms with Gasteiger partial charge in [-0.05, 0) is 31.2 Å². The zero-order valence-electron chi connectivity index (χ0n) is 12.6. The Morgan fingerprint density at radius 3 is 2.87 bits per heavy atom. The number of ether oxygens (including phenoxy) is 1. The molecule has 1 aliphatic heterocycles. The number of aromatic nitrogens is 1. The third kappa shape index (κ3) is 3.25. The second kappa shape index (κ2) is 6.47. The van der Waals surface area contributed by atoms with Gasteiger partial charge in [-0.3, -0.25) is 4.79 Å². The summed E-state index contributed by atoms with van der Waals surface area (Å²) >= 11 is 0. The summed E-state index contributed by atoms with van der Waals surface area (Å²) in [5.41, 5.74) is 0.816. The van der Waals surface area contributed by atoms with Gasteiger partial charge in [0, 0.05) is 18.2 Å². The Bertz CT molecular complexity index is 686. The molecule has 2 heterocycles. The predicted molar refractivity (Wildman–Crippen MR) is 79.2 cm³/mol. The first-order valence-corrected chi connectivity index (χ1v) is 7.34. The number of halogens is 1. The molecule has 0 saturated carbocycles. The van der Waals surface area contributed by atoms with Crippen LogP contribution in [0.2, 0.25) is 0 Å². The number of carbonyl (C=O) groups excluding carboxylic acids is 1. The van der Waals surface area contributed by atoms with Crippen molar-refractivity contribution < 1.29 is 23.6 Å². The lowest BCUT2D eigenvalue weighted by Gasteiger charge is -2.36. The van der Waals surface area contributed by atoms with Crippen LogP contribution in [0.25, 0.3) is 11.3 Å². The fraction of sp³-hybridized carbons (Fsp3) is 0.375. The van der Waals surface area contributed by atoms with E-state index in [0.717, 1.165) is 0 Å². The van der Waals surface area contributed by atoms with E-state index in [1.807, 2.05) is 6.92 Å². The number of aliphatic hydroxyl groups is 1. The van der Waals surface area contributed by atoms with E-state index >= 15 is 0 Å². The second-order valence-electron chi connectivity index (χ2n) is 5.53. The Morgan fingerprint density at radius 2 is 2.17 bits per heavy atom. The third-order valence-corrected chi connectivity index (χ3v) is 3.83. The van der Waals surface area contributed by atoms with E-state index in [-0.39, 0.29) is 30.1 Å². The van der Waals surface area contributed by atoms with Gasteiger partial charge in [0.25, 0.3) is 5.91 Å². The Balaban J connectivity index is 1.79. The molecule has 0 radical (unpaired) electrons. The molecule has 1 amide bonds. The molecule has 3 rings (SSSR count). The molecule has 7 heteroatoms. The molecule has 1 aromatic carbocycles. The fourth-order valence-electron chi connectivity index (χ4n) is 2.48. The average Bonchev–Trinajstić information content (AvgIpc) is 3.05. The molecule has 2 aromatic rings. The Labute approximate surface area is 132 Å². The molecule has 1 N–H and O–H groups in total. The highest BCUT2D eigenvalue weighted by Crippen LogP contribution is 2.22. The van der Waals surface area contributed by atoms with Crippen LogP contribution in [0.4, 0.5) is 4.39 Å². The van der Waals surface area contributed by atoms with Gasteiger partial charge in [0.05, 0.1) is 25.4 Å². The lowest BCUT2D eigenvalue weighted by atomic mass is 10.1. The first-order valence-electron chi connectivity index (χ1n) is 7.34. The molecular formula is C16H17FN2O4. The van der Waals surface area contributed by atoms with Gasteiger partial charge >= 0.3 is 0 Å². The van der Waals surface area contributed by atoms with Gasteiger partial charge in [-0.2, -0.15) is 0 Å². The molecule has 1 aliphatic rings. The van der Waals surface area contributed by atoms with Gasteiger partial charge in [0.2, 0.25) is 0 Å². The van der Waals surface area contributed by atoms with Crippen LogP contribution in [0.1, 0.15) is 17.4 Å². The van der Waals surface area contributed by atoms with Crippen LogP contribution >= 0.6 is 0 Å². The molecule has 0 aliphatic carbocycles. The summed E-state index contributed by atoms with van der Waals surface area (Å²) in [6.45, 7) is 2.39. The summed E-state index contributed by atoms with van der Waals surface area (Å²) in [4.78, 5) is 14.2. The second-order valence-corrected chi connectivity index (χ2v) is 5.53. The number of hydrogen-bond acceptors (Lipinski definition) is 5. The van der Waals surface area contributed by atoms with Crippen LogP contribution in [-0.4, -0.2) is 53.0 Å². The Hall–Kier alpha value is -2.25. The minimum absolute atomic E-state index is 0.115. The number of amides is 1. The molecule has 1 aromatic heterocycles. The van der Waals surface area contributed by atoms with Crippen LogP contribution in [0.5, 0.6) is 0 Å². The monoisotopic (exact) mass is 320 g/mol. The third-order valence-electron chi connectivity index (χ3n) is 3.83. The average molecular weight is 320 g/mol. The number of morpholine rings is 1. The summed E-state index contributed by atoms with van der Waals surface area (Å²) in [5.74, 6) is -0.230. The van der Waals surface area contributed by atoms with Gasteiger partial charge in [0.1, 0.15) is 5.82 Å². The first kappa shape index (κ1) is 15.6. The maximum atomic E-state index is 13.0. The maximum absolute atomic E-state index is 13.0. The Morgan fingerprint density at radius 1 is 1.43 bits per heavy atom. The number of rotatable bonds is 3. The van der Waals surface area contributed by atoms with E-state index in [1.165, 1.54) is 18.2 Å². The molecule has 2 unspecified atom stereocenters. The number of benzene rings is 1. The quantitative estimate of drug-likeness (QED) is 0.931. The summed E-state index contributed by atoms with van der Waals surface area (Å²) < 4.78 is 23.6. The molecule has 6 nitrogen and oxygen atoms in total. The van der Waals surface area contributed by atoms with Crippen molar-refractivity contribution in [2.45, 2.75) is 19.1 Å². The first-order chi connectivity index (χ1) is 11.1. The largest absolute Gasteiger partial charge is 0.394 e. The molecular weight excluding hydrogens is 303 g/mol. The highest BCUT2D eigenvalue weighted by Gasteiger charge is 2.31. The van der Waals surface area contributed by atoms with Crippen molar-refractivity contribution in [3.63, 3.8) is 0 Å². The lowest BCUT2D eigenvalue weighted by Crippen LogP contribution is -2.52. The number of hydrogen-bond donors (Lipinski definition) is 1. The van der Waals surface area contributed by atoms with Crippen LogP contribution in [0.3, 0.4) is 0 Å². The highest BCUT2D eigenvalue weighted by molar-refractivity contribution is 5.93. The summed E-state index contributed by atoms with van der Waals surface area (Å²) in [6.07, 6.45) is -0.390. The minimum atomic E-state index is -0.390. The molecule has 1 fully saturated rings. The smallest absolute Gasteiger partial charge is 0.276 e. The van der Waals surface area contributed by atoms with Crippen LogP contribution in [0, 0.1) is 5.82 Å². The van der Waals surface area contributed by atoms with Crippen LogP contribution in [0.15, 0.2) is 34.9 Å². The normalized spacial score (nSPS) is 21.4. The zero-order valence-corrected chi connectivity index (χ0v) is 12.6. The molecule has 1 saturated heterocycles. The Kier molecular flexibility index (Phi) is 4.40. The van der Waals surface area contributed by atoms with E-state index in [0.29, 0.717) is 24.5 Å². The summed E-state index contributed by atoms with van der Waals surface area (Å²) in [6, 6.07) is 7.17. The van der Waals surface area contributed by atoms with E-state index in [2.05, 4.69) is 5.16 Å². The molecule has 2 atom stereocenters. The minimum Gasteiger partial charge on any atom is -0.394 e. The van der Waals surface area contributed by atoms with Crippen molar-refractivity contribution in [2.24, 2.45) is 0 Å². The molecule has 23 heavy (non-hydrogen) atoms. The van der Waals surface area contributed by atoms with Gasteiger partial charge in [-0.1, -0.05) is 5.16 Å². The van der Waals surface area contributed by atoms with Gasteiger partial charge < -0.3 is 19.3 Å². The topological polar surface area (TPSA) is 75.8 Å². The van der Waals surface area contributed by atoms with E-state index in [4.69, 9.17) is 9.26 Å². The van der Waals surface area contributed by atoms with Gasteiger partial charge in [-0.25, -0.2) is 4.39 Å². The SMILES string of the molecule is CC1COC(CO)CN1C(=O)c1cc(-c2ccc(F)cc2)on1. The molecule has 122 valence electrons. The van der Waals surface area contributed by atoms with Crippen LogP contribution in [-0.2, 0) is 4.74 Å². The maximum Gasteiger partial charge on any atom is 0.276 e. The predicted octanol–water partition coefficient (Wildman–Crippen LogP) is 1.70. The van der Waals surface area contributed by atoms with Gasteiger partial charge in [0.15, 0.2) is 11.5 Å². The van der Waals surface area contributed by atoms with Crippen molar-refractivity contribution in [1.82, 2.24) is 10.1 Å². The molecule has 0 bridgehead atoms. The summed E-state index contributed by atoms with van der Waals surface area (Å²) in [5, 5.41) is 13.0. The summed E-state index contributed by atoms with van der Waals surface area (Å²) in [7, 11) is 0. The van der Waals surface area contributed by atoms with Crippen molar-refractivity contribution >= 4 is 5.91 Å².